The van der Waals surface area contributed by atoms with Gasteiger partial charge in [0.05, 0.1) is 0 Å². The predicted octanol–water partition coefficient (Wildman–Crippen LogP) is 4.90. The number of halogens is 4. The number of aryl methyl sites for hydroxylation is 1. The molecule has 25 heavy (non-hydrogen) atoms. The molecule has 1 atom stereocenters. The maximum absolute atomic E-state index is 13.6. The molecule has 0 amide bonds. The molecule has 0 aliphatic carbocycles. The summed E-state index contributed by atoms with van der Waals surface area (Å²) >= 11 is 6.74. The van der Waals surface area contributed by atoms with Crippen molar-refractivity contribution in [1.29, 1.82) is 0 Å². The van der Waals surface area contributed by atoms with Crippen LogP contribution in [0, 0.1) is 13.8 Å². The number of hydrogen-bond donors (Lipinski definition) is 0. The van der Waals surface area contributed by atoms with E-state index in [2.05, 4.69) is 0 Å². The van der Waals surface area contributed by atoms with Gasteiger partial charge in [-0.15, -0.1) is 0 Å². The molecule has 0 radical (unpaired) electrons. The molecule has 0 aliphatic heterocycles. The molecule has 0 bridgehead atoms. The first-order valence-electron chi connectivity index (χ1n) is 7.42. The molecule has 8 heteroatoms. The summed E-state index contributed by atoms with van der Waals surface area (Å²) in [6, 6.07) is 3.82. The fraction of sp³-hybridized carbons (Fsp3) is 0.353. The lowest BCUT2D eigenvalue weighted by Gasteiger charge is -2.30. The lowest BCUT2D eigenvalue weighted by Crippen LogP contribution is -2.32. The van der Waals surface area contributed by atoms with Gasteiger partial charge < -0.3 is 4.57 Å². The van der Waals surface area contributed by atoms with Gasteiger partial charge in [0.1, 0.15) is 6.04 Å². The molecule has 1 heterocycles. The minimum atomic E-state index is -4.46. The summed E-state index contributed by atoms with van der Waals surface area (Å²) in [4.78, 5) is 12.5. The molecular weight excluding hydrogens is 373 g/mol. The van der Waals surface area contributed by atoms with Crippen LogP contribution in [0.15, 0.2) is 40.2 Å². The van der Waals surface area contributed by atoms with E-state index in [9.17, 15) is 18.0 Å². The zero-order chi connectivity index (χ0) is 18.9. The third kappa shape index (κ3) is 4.40. The Morgan fingerprint density at radius 2 is 1.72 bits per heavy atom. The van der Waals surface area contributed by atoms with Crippen molar-refractivity contribution in [3.05, 3.63) is 62.5 Å². The van der Waals surface area contributed by atoms with Gasteiger partial charge in [0.15, 0.2) is 0 Å². The standard InChI is InChI=1S/C17H18ClF3N2OS/c1-10-11(2)16(24)22(3)9-14(10)25-23(4)15(17(19,20)21)12-5-7-13(18)8-6-12/h5-9,15H,1-4H3. The Balaban J connectivity index is 2.40. The summed E-state index contributed by atoms with van der Waals surface area (Å²) in [7, 11) is 2.97. The van der Waals surface area contributed by atoms with E-state index in [1.165, 1.54) is 35.9 Å². The summed E-state index contributed by atoms with van der Waals surface area (Å²) < 4.78 is 43.4. The molecule has 1 aromatic carbocycles. The van der Waals surface area contributed by atoms with E-state index in [0.29, 0.717) is 21.0 Å². The molecule has 1 aromatic heterocycles. The van der Waals surface area contributed by atoms with E-state index < -0.39 is 12.2 Å². The molecule has 2 aromatic rings. The van der Waals surface area contributed by atoms with Crippen LogP contribution in [-0.2, 0) is 7.05 Å². The van der Waals surface area contributed by atoms with Crippen molar-refractivity contribution in [3.8, 4) is 0 Å². The molecule has 0 N–H and O–H groups in total. The Hall–Kier alpha value is -1.44. The molecule has 0 fully saturated rings. The van der Waals surface area contributed by atoms with Crippen molar-refractivity contribution in [2.75, 3.05) is 7.05 Å². The van der Waals surface area contributed by atoms with Crippen LogP contribution >= 0.6 is 23.5 Å². The van der Waals surface area contributed by atoms with Crippen molar-refractivity contribution in [1.82, 2.24) is 8.87 Å². The lowest BCUT2D eigenvalue weighted by atomic mass is 10.1. The zero-order valence-electron chi connectivity index (χ0n) is 14.2. The highest BCUT2D eigenvalue weighted by Gasteiger charge is 2.44. The topological polar surface area (TPSA) is 25.2 Å². The Kier molecular flexibility index (Phi) is 5.91. The largest absolute Gasteiger partial charge is 0.408 e. The minimum Gasteiger partial charge on any atom is -0.317 e. The Labute approximate surface area is 153 Å². The van der Waals surface area contributed by atoms with Crippen molar-refractivity contribution >= 4 is 23.5 Å². The quantitative estimate of drug-likeness (QED) is 0.694. The number of alkyl halides is 3. The van der Waals surface area contributed by atoms with Gasteiger partial charge in [0, 0.05) is 28.7 Å². The number of hydrogen-bond acceptors (Lipinski definition) is 3. The van der Waals surface area contributed by atoms with Gasteiger partial charge in [-0.3, -0.25) is 4.79 Å². The van der Waals surface area contributed by atoms with Gasteiger partial charge >= 0.3 is 6.18 Å². The van der Waals surface area contributed by atoms with E-state index in [0.717, 1.165) is 16.3 Å². The number of benzene rings is 1. The third-order valence-corrected chi connectivity index (χ3v) is 5.34. The number of aromatic nitrogens is 1. The maximum Gasteiger partial charge on any atom is 0.408 e. The third-order valence-electron chi connectivity index (χ3n) is 3.99. The number of rotatable bonds is 4. The number of nitrogens with zero attached hydrogens (tertiary/aromatic N) is 2. The van der Waals surface area contributed by atoms with Crippen LogP contribution in [0.2, 0.25) is 5.02 Å². The molecule has 3 nitrogen and oxygen atoms in total. The average Bonchev–Trinajstić information content (AvgIpc) is 2.51. The van der Waals surface area contributed by atoms with Gasteiger partial charge in [-0.2, -0.15) is 13.2 Å². The molecule has 0 saturated heterocycles. The lowest BCUT2D eigenvalue weighted by molar-refractivity contribution is -0.169. The monoisotopic (exact) mass is 390 g/mol. The molecular formula is C17H18ClF3N2OS. The summed E-state index contributed by atoms with van der Waals surface area (Å²) in [6.45, 7) is 3.40. The molecule has 0 saturated carbocycles. The van der Waals surface area contributed by atoms with Crippen molar-refractivity contribution in [2.45, 2.75) is 31.0 Å². The van der Waals surface area contributed by atoms with E-state index in [4.69, 9.17) is 11.6 Å². The van der Waals surface area contributed by atoms with Crippen LogP contribution in [0.5, 0.6) is 0 Å². The van der Waals surface area contributed by atoms with Gasteiger partial charge in [-0.25, -0.2) is 4.31 Å². The fourth-order valence-corrected chi connectivity index (χ4v) is 3.77. The van der Waals surface area contributed by atoms with Gasteiger partial charge in [-0.05, 0) is 56.1 Å². The first-order chi connectivity index (χ1) is 11.5. The van der Waals surface area contributed by atoms with Gasteiger partial charge in [-0.1, -0.05) is 23.7 Å². The first kappa shape index (κ1) is 19.9. The smallest absolute Gasteiger partial charge is 0.317 e. The van der Waals surface area contributed by atoms with Crippen LogP contribution in [0.4, 0.5) is 13.2 Å². The highest BCUT2D eigenvalue weighted by Crippen LogP contribution is 2.42. The minimum absolute atomic E-state index is 0.103. The van der Waals surface area contributed by atoms with Crippen molar-refractivity contribution < 1.29 is 13.2 Å². The highest BCUT2D eigenvalue weighted by molar-refractivity contribution is 7.97. The van der Waals surface area contributed by atoms with Gasteiger partial charge in [0.25, 0.3) is 5.56 Å². The van der Waals surface area contributed by atoms with Crippen LogP contribution in [0.25, 0.3) is 0 Å². The van der Waals surface area contributed by atoms with E-state index in [1.807, 2.05) is 0 Å². The van der Waals surface area contributed by atoms with Crippen LogP contribution < -0.4 is 5.56 Å². The van der Waals surface area contributed by atoms with E-state index >= 15 is 0 Å². The zero-order valence-corrected chi connectivity index (χ0v) is 15.8. The molecule has 2 rings (SSSR count). The summed E-state index contributed by atoms with van der Waals surface area (Å²) in [5, 5.41) is 0.379. The molecule has 136 valence electrons. The summed E-state index contributed by atoms with van der Waals surface area (Å²) in [6.07, 6.45) is -2.90. The molecule has 1 unspecified atom stereocenters. The SMILES string of the molecule is Cc1c(SN(C)C(c2ccc(Cl)cc2)C(F)(F)F)cn(C)c(=O)c1C. The summed E-state index contributed by atoms with van der Waals surface area (Å²) in [5.41, 5.74) is 1.15. The van der Waals surface area contributed by atoms with Crippen molar-refractivity contribution in [2.24, 2.45) is 7.05 Å². The Bertz CT molecular complexity index is 818. The van der Waals surface area contributed by atoms with E-state index in [-0.39, 0.29) is 11.1 Å². The second kappa shape index (κ2) is 7.43. The molecule has 0 spiro atoms. The van der Waals surface area contributed by atoms with Crippen LogP contribution in [-0.4, -0.2) is 22.1 Å². The average molecular weight is 391 g/mol. The second-order valence-electron chi connectivity index (χ2n) is 5.79. The van der Waals surface area contributed by atoms with Crippen LogP contribution in [0.1, 0.15) is 22.7 Å². The second-order valence-corrected chi connectivity index (χ2v) is 7.43. The Morgan fingerprint density at radius 3 is 2.24 bits per heavy atom. The normalized spacial score (nSPS) is 13.3. The molecule has 0 aliphatic rings. The van der Waals surface area contributed by atoms with Crippen molar-refractivity contribution in [3.63, 3.8) is 0 Å². The highest BCUT2D eigenvalue weighted by atomic mass is 35.5. The van der Waals surface area contributed by atoms with Crippen LogP contribution in [0.3, 0.4) is 0 Å². The number of pyridine rings is 1. The first-order valence-corrected chi connectivity index (χ1v) is 8.57. The van der Waals surface area contributed by atoms with E-state index in [1.54, 1.807) is 27.1 Å². The fourth-order valence-electron chi connectivity index (χ4n) is 2.49. The van der Waals surface area contributed by atoms with Gasteiger partial charge in [0.2, 0.25) is 0 Å². The predicted molar refractivity (Wildman–Crippen MR) is 95.0 cm³/mol. The maximum atomic E-state index is 13.6. The Morgan fingerprint density at radius 1 is 1.16 bits per heavy atom. The summed E-state index contributed by atoms with van der Waals surface area (Å²) in [5.74, 6) is 0.